The molecular weight excluding hydrogens is 358 g/mol. The number of carbonyl (C=O) groups excluding carboxylic acids is 1. The van der Waals surface area contributed by atoms with Crippen molar-refractivity contribution in [3.05, 3.63) is 56.7 Å². The first-order chi connectivity index (χ1) is 13.6. The Labute approximate surface area is 161 Å². The molecule has 1 N–H and O–H groups in total. The van der Waals surface area contributed by atoms with Crippen LogP contribution in [-0.4, -0.2) is 38.0 Å². The van der Waals surface area contributed by atoms with Crippen LogP contribution in [0.4, 0.5) is 5.95 Å². The molecule has 0 unspecified atom stereocenters. The average molecular weight is 381 g/mol. The fourth-order valence-corrected chi connectivity index (χ4v) is 3.74. The van der Waals surface area contributed by atoms with E-state index in [1.54, 1.807) is 23.7 Å². The molecule has 1 saturated heterocycles. The number of fused-ring (bicyclic) bond motifs is 1. The van der Waals surface area contributed by atoms with Gasteiger partial charge in [-0.3, -0.25) is 23.7 Å². The van der Waals surface area contributed by atoms with Crippen LogP contribution in [-0.2, 0) is 13.6 Å². The summed E-state index contributed by atoms with van der Waals surface area (Å²) >= 11 is 0. The van der Waals surface area contributed by atoms with Gasteiger partial charge in [-0.05, 0) is 12.8 Å². The van der Waals surface area contributed by atoms with Crippen LogP contribution in [0.3, 0.4) is 0 Å². The number of nitrogens with zero attached hydrogens (tertiary/aromatic N) is 4. The van der Waals surface area contributed by atoms with Crippen LogP contribution in [0.25, 0.3) is 11.2 Å². The van der Waals surface area contributed by atoms with E-state index in [9.17, 15) is 14.4 Å². The highest BCUT2D eigenvalue weighted by Gasteiger charge is 2.24. The van der Waals surface area contributed by atoms with Gasteiger partial charge in [0, 0.05) is 25.7 Å². The molecule has 2 aromatic heterocycles. The maximum Gasteiger partial charge on any atom is 0.329 e. The summed E-state index contributed by atoms with van der Waals surface area (Å²) < 4.78 is 2.98. The second-order valence-electron chi connectivity index (χ2n) is 7.18. The summed E-state index contributed by atoms with van der Waals surface area (Å²) in [5.74, 6) is 0.470. The fourth-order valence-electron chi connectivity index (χ4n) is 3.74. The van der Waals surface area contributed by atoms with E-state index in [1.807, 2.05) is 18.2 Å². The summed E-state index contributed by atoms with van der Waals surface area (Å²) in [4.78, 5) is 46.6. The number of hydrogen-bond acceptors (Lipinski definition) is 5. The van der Waals surface area contributed by atoms with Crippen LogP contribution in [0, 0.1) is 0 Å². The molecule has 1 aromatic carbocycles. The van der Waals surface area contributed by atoms with Crippen molar-refractivity contribution in [2.75, 3.05) is 18.0 Å². The van der Waals surface area contributed by atoms with E-state index < -0.39 is 11.2 Å². The van der Waals surface area contributed by atoms with Crippen molar-refractivity contribution >= 4 is 22.9 Å². The SMILES string of the molecule is Cn1c(=O)[nH]c(=O)c2c1nc(N1CCCCCC1)n2CC(=O)c1ccccc1. The number of Topliss-reactive ketones (excluding diaryl/α,β-unsaturated/α-hetero) is 1. The zero-order valence-corrected chi connectivity index (χ0v) is 15.9. The lowest BCUT2D eigenvalue weighted by molar-refractivity contribution is 0.0973. The molecule has 0 atom stereocenters. The van der Waals surface area contributed by atoms with Crippen molar-refractivity contribution in [2.24, 2.45) is 7.05 Å². The van der Waals surface area contributed by atoms with Crippen molar-refractivity contribution in [1.82, 2.24) is 19.1 Å². The Morgan fingerprint density at radius 3 is 2.43 bits per heavy atom. The number of anilines is 1. The maximum atomic E-state index is 12.9. The molecule has 4 rings (SSSR count). The van der Waals surface area contributed by atoms with Gasteiger partial charge < -0.3 is 4.90 Å². The van der Waals surface area contributed by atoms with Gasteiger partial charge in [0.1, 0.15) is 0 Å². The molecule has 8 nitrogen and oxygen atoms in total. The first-order valence-corrected chi connectivity index (χ1v) is 9.59. The molecule has 28 heavy (non-hydrogen) atoms. The number of rotatable bonds is 4. The molecule has 3 aromatic rings. The Morgan fingerprint density at radius 1 is 1.07 bits per heavy atom. The molecule has 1 aliphatic heterocycles. The average Bonchev–Trinajstić information content (AvgIpc) is 2.88. The minimum absolute atomic E-state index is 0.00632. The molecule has 146 valence electrons. The normalized spacial score (nSPS) is 15.0. The molecular formula is C20H23N5O3. The lowest BCUT2D eigenvalue weighted by atomic mass is 10.1. The highest BCUT2D eigenvalue weighted by Crippen LogP contribution is 2.23. The molecule has 1 aliphatic rings. The minimum Gasteiger partial charge on any atom is -0.342 e. The van der Waals surface area contributed by atoms with E-state index in [0.29, 0.717) is 17.2 Å². The topological polar surface area (TPSA) is 93.0 Å². The van der Waals surface area contributed by atoms with Crippen molar-refractivity contribution in [3.8, 4) is 0 Å². The molecule has 0 saturated carbocycles. The number of nitrogens with one attached hydrogen (secondary N) is 1. The molecule has 1 fully saturated rings. The van der Waals surface area contributed by atoms with Gasteiger partial charge in [0.2, 0.25) is 5.95 Å². The number of ketones is 1. The minimum atomic E-state index is -0.521. The van der Waals surface area contributed by atoms with E-state index in [0.717, 1.165) is 38.8 Å². The summed E-state index contributed by atoms with van der Waals surface area (Å²) in [5.41, 5.74) is 0.0957. The van der Waals surface area contributed by atoms with Gasteiger partial charge in [0.05, 0.1) is 6.54 Å². The number of hydrogen-bond donors (Lipinski definition) is 1. The maximum absolute atomic E-state index is 12.9. The molecule has 0 bridgehead atoms. The van der Waals surface area contributed by atoms with Crippen molar-refractivity contribution < 1.29 is 4.79 Å². The van der Waals surface area contributed by atoms with E-state index in [2.05, 4.69) is 14.9 Å². The predicted octanol–water partition coefficient (Wildman–Crippen LogP) is 1.69. The standard InChI is InChI=1S/C20H23N5O3/c1-23-17-16(18(27)22-20(23)28)25(13-15(26)14-9-5-4-6-10-14)19(21-17)24-11-7-2-3-8-12-24/h4-6,9-10H,2-3,7-8,11-13H2,1H3,(H,22,27,28). The Bertz CT molecular complexity index is 1120. The summed E-state index contributed by atoms with van der Waals surface area (Å²) in [6, 6.07) is 8.99. The largest absolute Gasteiger partial charge is 0.342 e. The number of aromatic nitrogens is 4. The van der Waals surface area contributed by atoms with Crippen molar-refractivity contribution in [2.45, 2.75) is 32.2 Å². The van der Waals surface area contributed by atoms with Gasteiger partial charge in [0.25, 0.3) is 5.56 Å². The number of carbonyl (C=O) groups is 1. The predicted molar refractivity (Wildman–Crippen MR) is 107 cm³/mol. The lowest BCUT2D eigenvalue weighted by Crippen LogP contribution is -2.30. The summed E-state index contributed by atoms with van der Waals surface area (Å²) in [7, 11) is 1.57. The first-order valence-electron chi connectivity index (χ1n) is 9.59. The number of aryl methyl sites for hydroxylation is 1. The van der Waals surface area contributed by atoms with Crippen molar-refractivity contribution in [1.29, 1.82) is 0 Å². The second kappa shape index (κ2) is 7.46. The van der Waals surface area contributed by atoms with Crippen LogP contribution in [0.1, 0.15) is 36.0 Å². The van der Waals surface area contributed by atoms with Crippen molar-refractivity contribution in [3.63, 3.8) is 0 Å². The molecule has 0 aliphatic carbocycles. The second-order valence-corrected chi connectivity index (χ2v) is 7.18. The number of imidazole rings is 1. The Kier molecular flexibility index (Phi) is 4.85. The third kappa shape index (κ3) is 3.26. The highest BCUT2D eigenvalue weighted by atomic mass is 16.2. The van der Waals surface area contributed by atoms with E-state index >= 15 is 0 Å². The molecule has 0 amide bonds. The lowest BCUT2D eigenvalue weighted by Gasteiger charge is -2.22. The van der Waals surface area contributed by atoms with Crippen LogP contribution in [0.15, 0.2) is 39.9 Å². The summed E-state index contributed by atoms with van der Waals surface area (Å²) in [6.07, 6.45) is 4.37. The number of aromatic amines is 1. The Hall–Kier alpha value is -3.16. The van der Waals surface area contributed by atoms with Gasteiger partial charge >= 0.3 is 5.69 Å². The summed E-state index contributed by atoms with van der Waals surface area (Å²) in [5, 5.41) is 0. The van der Waals surface area contributed by atoms with E-state index in [4.69, 9.17) is 0 Å². The molecule has 0 radical (unpaired) electrons. The zero-order valence-electron chi connectivity index (χ0n) is 15.9. The quantitative estimate of drug-likeness (QED) is 0.694. The Morgan fingerprint density at radius 2 is 1.75 bits per heavy atom. The van der Waals surface area contributed by atoms with Gasteiger partial charge in [-0.1, -0.05) is 43.2 Å². The number of H-pyrrole nitrogens is 1. The molecule has 3 heterocycles. The van der Waals surface area contributed by atoms with Crippen LogP contribution < -0.4 is 16.1 Å². The molecule has 8 heteroatoms. The van der Waals surface area contributed by atoms with Gasteiger partial charge in [-0.25, -0.2) is 4.79 Å². The first kappa shape index (κ1) is 18.2. The van der Waals surface area contributed by atoms with Crippen LogP contribution >= 0.6 is 0 Å². The van der Waals surface area contributed by atoms with Gasteiger partial charge in [0.15, 0.2) is 16.9 Å². The van der Waals surface area contributed by atoms with Crippen LogP contribution in [0.5, 0.6) is 0 Å². The fraction of sp³-hybridized carbons (Fsp3) is 0.400. The third-order valence-electron chi connectivity index (χ3n) is 5.27. The van der Waals surface area contributed by atoms with E-state index in [-0.39, 0.29) is 17.8 Å². The third-order valence-corrected chi connectivity index (χ3v) is 5.27. The number of benzene rings is 1. The summed E-state index contributed by atoms with van der Waals surface area (Å²) in [6.45, 7) is 1.62. The monoisotopic (exact) mass is 381 g/mol. The van der Waals surface area contributed by atoms with Crippen LogP contribution in [0.2, 0.25) is 0 Å². The smallest absolute Gasteiger partial charge is 0.329 e. The van der Waals surface area contributed by atoms with E-state index in [1.165, 1.54) is 4.57 Å². The zero-order chi connectivity index (χ0) is 19.7. The van der Waals surface area contributed by atoms with Gasteiger partial charge in [-0.15, -0.1) is 0 Å². The highest BCUT2D eigenvalue weighted by molar-refractivity contribution is 5.96. The molecule has 0 spiro atoms. The Balaban J connectivity index is 1.87. The van der Waals surface area contributed by atoms with Gasteiger partial charge in [-0.2, -0.15) is 4.98 Å².